The number of carbonyl (C=O) groups is 2. The minimum absolute atomic E-state index is 0.0117. The Morgan fingerprint density at radius 3 is 2.96 bits per heavy atom. The van der Waals surface area contributed by atoms with E-state index in [0.29, 0.717) is 32.8 Å². The Balaban J connectivity index is 1.32. The summed E-state index contributed by atoms with van der Waals surface area (Å²) in [4.78, 5) is 33.3. The summed E-state index contributed by atoms with van der Waals surface area (Å²) in [5.74, 6) is 0.198. The molecular weight excluding hydrogens is 374 g/mol. The van der Waals surface area contributed by atoms with Crippen LogP contribution in [-0.4, -0.2) is 54.5 Å². The third kappa shape index (κ3) is 4.42. The Bertz CT molecular complexity index is 831. The summed E-state index contributed by atoms with van der Waals surface area (Å²) in [5.41, 5.74) is 2.29. The lowest BCUT2D eigenvalue weighted by atomic mass is 9.87. The van der Waals surface area contributed by atoms with Gasteiger partial charge in [-0.2, -0.15) is 0 Å². The van der Waals surface area contributed by atoms with E-state index in [2.05, 4.69) is 10.3 Å². The molecule has 1 unspecified atom stereocenters. The summed E-state index contributed by atoms with van der Waals surface area (Å²) in [6, 6.07) is 5.93. The van der Waals surface area contributed by atoms with Crippen LogP contribution in [0.3, 0.4) is 0 Å². The molecule has 148 valence electrons. The summed E-state index contributed by atoms with van der Waals surface area (Å²) in [6.45, 7) is 3.15. The van der Waals surface area contributed by atoms with Gasteiger partial charge in [-0.05, 0) is 48.9 Å². The maximum Gasteiger partial charge on any atom is 0.264 e. The van der Waals surface area contributed by atoms with Gasteiger partial charge in [0.1, 0.15) is 0 Å². The number of nitrogens with zero attached hydrogens (tertiary/aromatic N) is 2. The first-order valence-corrected chi connectivity index (χ1v) is 10.7. The summed E-state index contributed by atoms with van der Waals surface area (Å²) in [6.07, 6.45) is 6.81. The monoisotopic (exact) mass is 399 g/mol. The molecule has 3 heterocycles. The van der Waals surface area contributed by atoms with Crippen LogP contribution in [0, 0.1) is 5.92 Å². The highest BCUT2D eigenvalue weighted by Crippen LogP contribution is 2.33. The standard InChI is InChI=1S/C21H25N3O3S/c25-20(23-7-5-15-2-1-6-22-14-15)16-3-4-18-17(12-16)13-19(28-18)21(26)24-8-10-27-11-9-24/h1-2,6,13-14,16H,3-5,7-12H2,(H,23,25). The molecule has 6 nitrogen and oxygen atoms in total. The number of amides is 2. The number of thiophene rings is 1. The lowest BCUT2D eigenvalue weighted by molar-refractivity contribution is -0.125. The van der Waals surface area contributed by atoms with Crippen molar-refractivity contribution < 1.29 is 14.3 Å². The van der Waals surface area contributed by atoms with Crippen molar-refractivity contribution in [2.24, 2.45) is 5.92 Å². The van der Waals surface area contributed by atoms with Crippen LogP contribution in [0.1, 0.15) is 32.1 Å². The number of morpholine rings is 1. The van der Waals surface area contributed by atoms with Crippen molar-refractivity contribution in [1.82, 2.24) is 15.2 Å². The molecule has 0 bridgehead atoms. The van der Waals surface area contributed by atoms with Crippen LogP contribution in [0.5, 0.6) is 0 Å². The van der Waals surface area contributed by atoms with E-state index in [1.807, 2.05) is 29.3 Å². The molecule has 0 spiro atoms. The summed E-state index contributed by atoms with van der Waals surface area (Å²) < 4.78 is 5.33. The zero-order valence-corrected chi connectivity index (χ0v) is 16.7. The molecule has 0 aromatic carbocycles. The van der Waals surface area contributed by atoms with Crippen molar-refractivity contribution in [3.63, 3.8) is 0 Å². The SMILES string of the molecule is O=C(NCCc1cccnc1)C1CCc2sc(C(=O)N3CCOCC3)cc2C1. The van der Waals surface area contributed by atoms with E-state index in [0.717, 1.165) is 36.1 Å². The van der Waals surface area contributed by atoms with E-state index in [1.54, 1.807) is 17.5 Å². The minimum atomic E-state index is -0.0117. The van der Waals surface area contributed by atoms with Crippen LogP contribution in [0.25, 0.3) is 0 Å². The van der Waals surface area contributed by atoms with Gasteiger partial charge in [0, 0.05) is 42.8 Å². The van der Waals surface area contributed by atoms with Gasteiger partial charge in [0.2, 0.25) is 5.91 Å². The molecule has 2 aromatic heterocycles. The van der Waals surface area contributed by atoms with Gasteiger partial charge in [-0.15, -0.1) is 11.3 Å². The maximum absolute atomic E-state index is 12.7. The lowest BCUT2D eigenvalue weighted by Crippen LogP contribution is -2.40. The highest BCUT2D eigenvalue weighted by atomic mass is 32.1. The molecule has 2 aliphatic rings. The molecule has 1 fully saturated rings. The van der Waals surface area contributed by atoms with Crippen LogP contribution in [0.15, 0.2) is 30.6 Å². The van der Waals surface area contributed by atoms with E-state index in [1.165, 1.54) is 10.4 Å². The third-order valence-corrected chi connectivity index (χ3v) is 6.62. The fourth-order valence-electron chi connectivity index (χ4n) is 3.80. The molecule has 2 amide bonds. The van der Waals surface area contributed by atoms with Gasteiger partial charge in [0.05, 0.1) is 18.1 Å². The quantitative estimate of drug-likeness (QED) is 0.836. The van der Waals surface area contributed by atoms with Crippen LogP contribution < -0.4 is 5.32 Å². The number of fused-ring (bicyclic) bond motifs is 1. The number of hydrogen-bond donors (Lipinski definition) is 1. The highest BCUT2D eigenvalue weighted by molar-refractivity contribution is 7.14. The second-order valence-electron chi connectivity index (χ2n) is 7.31. The average molecular weight is 400 g/mol. The second kappa shape index (κ2) is 8.84. The van der Waals surface area contributed by atoms with Crippen molar-refractivity contribution in [2.75, 3.05) is 32.8 Å². The number of ether oxygens (including phenoxy) is 1. The Labute approximate surface area is 168 Å². The zero-order chi connectivity index (χ0) is 19.3. The molecule has 2 aromatic rings. The Hall–Kier alpha value is -2.25. The number of aryl methyl sites for hydroxylation is 1. The summed E-state index contributed by atoms with van der Waals surface area (Å²) in [7, 11) is 0. The van der Waals surface area contributed by atoms with Crippen LogP contribution >= 0.6 is 11.3 Å². The van der Waals surface area contributed by atoms with E-state index in [4.69, 9.17) is 4.74 Å². The average Bonchev–Trinajstić information content (AvgIpc) is 3.18. The maximum atomic E-state index is 12.7. The van der Waals surface area contributed by atoms with Gasteiger partial charge < -0.3 is 15.0 Å². The number of rotatable bonds is 5. The molecule has 1 atom stereocenters. The van der Waals surface area contributed by atoms with E-state index in [-0.39, 0.29) is 17.7 Å². The minimum Gasteiger partial charge on any atom is -0.378 e. The molecule has 1 N–H and O–H groups in total. The Morgan fingerprint density at radius 2 is 2.18 bits per heavy atom. The van der Waals surface area contributed by atoms with Gasteiger partial charge in [-0.1, -0.05) is 6.07 Å². The van der Waals surface area contributed by atoms with Gasteiger partial charge in [-0.3, -0.25) is 14.6 Å². The first kappa shape index (κ1) is 19.1. The molecular formula is C21H25N3O3S. The smallest absolute Gasteiger partial charge is 0.264 e. The molecule has 0 saturated carbocycles. The summed E-state index contributed by atoms with van der Waals surface area (Å²) >= 11 is 1.60. The molecule has 1 aliphatic carbocycles. The second-order valence-corrected chi connectivity index (χ2v) is 8.44. The fourth-order valence-corrected chi connectivity index (χ4v) is 4.97. The van der Waals surface area contributed by atoms with Crippen LogP contribution in [0.4, 0.5) is 0 Å². The highest BCUT2D eigenvalue weighted by Gasteiger charge is 2.28. The van der Waals surface area contributed by atoms with Crippen molar-refractivity contribution >= 4 is 23.2 Å². The molecule has 1 saturated heterocycles. The third-order valence-electron chi connectivity index (χ3n) is 5.40. The van der Waals surface area contributed by atoms with E-state index >= 15 is 0 Å². The van der Waals surface area contributed by atoms with Gasteiger partial charge >= 0.3 is 0 Å². The van der Waals surface area contributed by atoms with Crippen molar-refractivity contribution in [1.29, 1.82) is 0 Å². The number of hydrogen-bond acceptors (Lipinski definition) is 5. The normalized spacial score (nSPS) is 19.1. The first-order chi connectivity index (χ1) is 13.7. The molecule has 1 aliphatic heterocycles. The van der Waals surface area contributed by atoms with Gasteiger partial charge in [-0.25, -0.2) is 0 Å². The first-order valence-electron chi connectivity index (χ1n) is 9.86. The van der Waals surface area contributed by atoms with Crippen LogP contribution in [0.2, 0.25) is 0 Å². The number of aromatic nitrogens is 1. The summed E-state index contributed by atoms with van der Waals surface area (Å²) in [5, 5.41) is 3.06. The van der Waals surface area contributed by atoms with Crippen LogP contribution in [-0.2, 0) is 28.8 Å². The van der Waals surface area contributed by atoms with Gasteiger partial charge in [0.25, 0.3) is 5.91 Å². The predicted octanol–water partition coefficient (Wildman–Crippen LogP) is 2.08. The van der Waals surface area contributed by atoms with Crippen molar-refractivity contribution in [3.8, 4) is 0 Å². The van der Waals surface area contributed by atoms with Gasteiger partial charge in [0.15, 0.2) is 0 Å². The Morgan fingerprint density at radius 1 is 1.32 bits per heavy atom. The fraction of sp³-hybridized carbons (Fsp3) is 0.476. The topological polar surface area (TPSA) is 71.5 Å². The molecule has 0 radical (unpaired) electrons. The zero-order valence-electron chi connectivity index (χ0n) is 15.9. The van der Waals surface area contributed by atoms with Crippen molar-refractivity contribution in [3.05, 3.63) is 51.5 Å². The largest absolute Gasteiger partial charge is 0.378 e. The molecule has 28 heavy (non-hydrogen) atoms. The lowest BCUT2D eigenvalue weighted by Gasteiger charge is -2.26. The predicted molar refractivity (Wildman–Crippen MR) is 108 cm³/mol. The number of carbonyl (C=O) groups excluding carboxylic acids is 2. The van der Waals surface area contributed by atoms with Crippen molar-refractivity contribution in [2.45, 2.75) is 25.7 Å². The number of pyridine rings is 1. The number of nitrogens with one attached hydrogen (secondary N) is 1. The Kier molecular flexibility index (Phi) is 6.02. The van der Waals surface area contributed by atoms with E-state index in [9.17, 15) is 9.59 Å². The molecule has 4 rings (SSSR count). The van der Waals surface area contributed by atoms with E-state index < -0.39 is 0 Å². The molecule has 7 heteroatoms.